The van der Waals surface area contributed by atoms with E-state index in [1.54, 1.807) is 18.8 Å². The number of amides is 3. The fourth-order valence-electron chi connectivity index (χ4n) is 6.46. The number of aromatic nitrogens is 1. The number of para-hydroxylation sites is 1. The van der Waals surface area contributed by atoms with Crippen molar-refractivity contribution >= 4 is 52.0 Å². The zero-order chi connectivity index (χ0) is 35.6. The van der Waals surface area contributed by atoms with Crippen molar-refractivity contribution in [2.75, 3.05) is 20.1 Å². The Bertz CT molecular complexity index is 1800. The molecule has 5 rings (SSSR count). The summed E-state index contributed by atoms with van der Waals surface area (Å²) in [7, 11) is 3.62. The van der Waals surface area contributed by atoms with Crippen LogP contribution in [-0.2, 0) is 40.9 Å². The minimum absolute atomic E-state index is 0.216. The second-order valence-electron chi connectivity index (χ2n) is 12.8. The Labute approximate surface area is 303 Å². The predicted octanol–water partition coefficient (Wildman–Crippen LogP) is 4.49. The van der Waals surface area contributed by atoms with Crippen molar-refractivity contribution in [3.63, 3.8) is 0 Å². The van der Waals surface area contributed by atoms with Crippen LogP contribution < -0.4 is 27.4 Å². The number of unbranched alkanes of at least 4 members (excludes halogenated alkanes) is 1. The average molecular weight is 718 g/mol. The third kappa shape index (κ3) is 9.26. The number of halogens is 1. The van der Waals surface area contributed by atoms with Crippen LogP contribution in [0.15, 0.2) is 82.7 Å². The van der Waals surface area contributed by atoms with Crippen molar-refractivity contribution < 1.29 is 14.4 Å². The number of hydrogen-bond acceptors (Lipinski definition) is 7. The Morgan fingerprint density at radius 3 is 2.34 bits per heavy atom. The number of carbonyl (C=O) groups excluding carboxylic acids is 3. The summed E-state index contributed by atoms with van der Waals surface area (Å²) in [6.07, 6.45) is 5.17. The Morgan fingerprint density at radius 2 is 1.54 bits per heavy atom. The van der Waals surface area contributed by atoms with Crippen LogP contribution in [-0.4, -0.2) is 65.5 Å². The van der Waals surface area contributed by atoms with E-state index in [1.165, 1.54) is 4.90 Å². The van der Waals surface area contributed by atoms with E-state index in [1.807, 2.05) is 84.5 Å². The van der Waals surface area contributed by atoms with E-state index in [4.69, 9.17) is 23.1 Å². The summed E-state index contributed by atoms with van der Waals surface area (Å²) < 4.78 is 2.03. The molecule has 266 valence electrons. The smallest absolute Gasteiger partial charge is 0.245 e. The summed E-state index contributed by atoms with van der Waals surface area (Å²) in [4.78, 5) is 46.1. The minimum Gasteiger partial charge on any atom is -0.350 e. The van der Waals surface area contributed by atoms with Crippen molar-refractivity contribution in [1.82, 2.24) is 25.4 Å². The van der Waals surface area contributed by atoms with E-state index in [9.17, 15) is 14.4 Å². The number of likely N-dealkylation sites (N-methyl/N-ethyl adjacent to an activating group) is 1. The zero-order valence-electron chi connectivity index (χ0n) is 28.8. The zero-order valence-corrected chi connectivity index (χ0v) is 30.4. The van der Waals surface area contributed by atoms with Gasteiger partial charge in [0.05, 0.1) is 6.04 Å². The molecule has 7 N–H and O–H groups in total. The van der Waals surface area contributed by atoms with Gasteiger partial charge in [-0.2, -0.15) is 0 Å². The van der Waals surface area contributed by atoms with E-state index in [2.05, 4.69) is 16.0 Å². The highest BCUT2D eigenvalue weighted by atomic mass is 35.5. The largest absolute Gasteiger partial charge is 0.350 e. The van der Waals surface area contributed by atoms with Crippen LogP contribution in [0, 0.1) is 0 Å². The molecule has 50 heavy (non-hydrogen) atoms. The molecular formula is C38H48ClN7O3S. The third-order valence-corrected chi connectivity index (χ3v) is 10.8. The molecule has 2 heterocycles. The summed E-state index contributed by atoms with van der Waals surface area (Å²) in [5.74, 6) is -0.909. The number of hydrogen-bond donors (Lipinski definition) is 5. The van der Waals surface area contributed by atoms with Gasteiger partial charge in [-0.05, 0) is 92.2 Å². The van der Waals surface area contributed by atoms with Crippen LogP contribution >= 0.6 is 23.4 Å². The van der Waals surface area contributed by atoms with E-state index in [0.717, 1.165) is 37.4 Å². The molecule has 0 fully saturated rings. The van der Waals surface area contributed by atoms with Crippen LogP contribution in [0.25, 0.3) is 10.9 Å². The normalized spacial score (nSPS) is 19.4. The van der Waals surface area contributed by atoms with E-state index >= 15 is 0 Å². The molecule has 10 nitrogen and oxygen atoms in total. The van der Waals surface area contributed by atoms with Crippen molar-refractivity contribution in [2.24, 2.45) is 18.5 Å². The fraction of sp³-hybridized carbons (Fsp3) is 0.395. The Morgan fingerprint density at radius 1 is 0.820 bits per heavy atom. The molecular weight excluding hydrogens is 670 g/mol. The van der Waals surface area contributed by atoms with Gasteiger partial charge >= 0.3 is 0 Å². The number of carbonyl (C=O) groups is 3. The first kappa shape index (κ1) is 37.4. The maximum atomic E-state index is 14.4. The van der Waals surface area contributed by atoms with Gasteiger partial charge in [0.15, 0.2) is 0 Å². The van der Waals surface area contributed by atoms with Crippen LogP contribution in [0.4, 0.5) is 0 Å². The number of rotatable bonds is 9. The number of nitrogens with one attached hydrogen (secondary N) is 3. The molecule has 1 aliphatic heterocycles. The quantitative estimate of drug-likeness (QED) is 0.160. The van der Waals surface area contributed by atoms with E-state index in [0.29, 0.717) is 56.8 Å². The molecule has 0 bridgehead atoms. The van der Waals surface area contributed by atoms with Crippen molar-refractivity contribution in [2.45, 2.75) is 79.5 Å². The maximum Gasteiger partial charge on any atom is 0.245 e. The van der Waals surface area contributed by atoms with Crippen LogP contribution in [0.2, 0.25) is 5.02 Å². The van der Waals surface area contributed by atoms with Gasteiger partial charge in [-0.1, -0.05) is 59.8 Å². The van der Waals surface area contributed by atoms with Crippen LogP contribution in [0.3, 0.4) is 0 Å². The third-order valence-electron chi connectivity index (χ3n) is 9.29. The Hall–Kier alpha value is -3.87. The predicted molar refractivity (Wildman–Crippen MR) is 201 cm³/mol. The summed E-state index contributed by atoms with van der Waals surface area (Å²) in [5, 5.41) is 11.2. The van der Waals surface area contributed by atoms with Gasteiger partial charge in [-0.3, -0.25) is 14.4 Å². The lowest BCUT2D eigenvalue weighted by Crippen LogP contribution is -2.57. The van der Waals surface area contributed by atoms with Crippen molar-refractivity contribution in [3.8, 4) is 0 Å². The summed E-state index contributed by atoms with van der Waals surface area (Å²) in [6.45, 7) is 1.56. The van der Waals surface area contributed by atoms with Gasteiger partial charge in [0.2, 0.25) is 17.7 Å². The molecule has 0 saturated heterocycles. The number of fused-ring (bicyclic) bond motifs is 3. The SMILES string of the molecule is CN1C(=O)[C@H](CCCCN)NC(=O)[C@H](CCCN)NCc2ccccc2Sc2ccc(Cl)cc2CNC(=O)[C@@H]1Cc1cn(C)c2ccccc12. The number of benzene rings is 3. The topological polar surface area (TPSA) is 148 Å². The summed E-state index contributed by atoms with van der Waals surface area (Å²) >= 11 is 8.06. The first-order chi connectivity index (χ1) is 24.2. The lowest BCUT2D eigenvalue weighted by atomic mass is 10.0. The highest BCUT2D eigenvalue weighted by molar-refractivity contribution is 7.99. The molecule has 1 aromatic heterocycles. The van der Waals surface area contributed by atoms with Crippen molar-refractivity contribution in [1.29, 1.82) is 0 Å². The van der Waals surface area contributed by atoms with Gasteiger partial charge in [-0.25, -0.2) is 0 Å². The summed E-state index contributed by atoms with van der Waals surface area (Å²) in [6, 6.07) is 19.4. The highest BCUT2D eigenvalue weighted by Crippen LogP contribution is 2.34. The standard InChI is InChI=1S/C38H48ClN7O3S/c1-45-24-27(29-11-4-5-14-32(29)45)21-33-37(48)43-23-26-20-28(39)16-17-35(26)50-34-15-6-3-10-25(34)22-42-30(13-9-19-41)36(47)44-31(12-7-8-18-40)38(49)46(33)2/h3-6,10-11,14-17,20,24,30-31,33,42H,7-9,12-13,18-19,21-23,40-41H2,1-2H3,(H,43,48)(H,44,47)/t30-,31-,33-/m0/s1. The van der Waals surface area contributed by atoms with Gasteiger partial charge in [-0.15, -0.1) is 0 Å². The lowest BCUT2D eigenvalue weighted by molar-refractivity contribution is -0.142. The minimum atomic E-state index is -0.861. The first-order valence-corrected chi connectivity index (χ1v) is 18.4. The molecule has 0 aliphatic carbocycles. The molecule has 3 aromatic carbocycles. The highest BCUT2D eigenvalue weighted by Gasteiger charge is 2.34. The Kier molecular flexibility index (Phi) is 13.4. The molecule has 0 radical (unpaired) electrons. The molecule has 12 heteroatoms. The molecule has 3 amide bonds. The number of aryl methyl sites for hydroxylation is 1. The average Bonchev–Trinajstić information content (AvgIpc) is 3.44. The van der Waals surface area contributed by atoms with Gasteiger partial charge in [0.1, 0.15) is 12.1 Å². The second kappa shape index (κ2) is 17.9. The molecule has 3 atom stereocenters. The number of nitrogens with zero attached hydrogens (tertiary/aromatic N) is 2. The van der Waals surface area contributed by atoms with Gasteiger partial charge in [0.25, 0.3) is 0 Å². The fourth-order valence-corrected chi connectivity index (χ4v) is 7.71. The molecule has 0 spiro atoms. The van der Waals surface area contributed by atoms with E-state index < -0.39 is 18.1 Å². The number of nitrogens with two attached hydrogens (primary N) is 2. The Balaban J connectivity index is 1.56. The van der Waals surface area contributed by atoms with Gasteiger partial charge < -0.3 is 36.9 Å². The molecule has 4 aromatic rings. The maximum absolute atomic E-state index is 14.4. The summed E-state index contributed by atoms with van der Waals surface area (Å²) in [5.41, 5.74) is 15.5. The van der Waals surface area contributed by atoms with Crippen LogP contribution in [0.5, 0.6) is 0 Å². The van der Waals surface area contributed by atoms with Gasteiger partial charge in [0, 0.05) is 65.5 Å². The molecule has 0 saturated carbocycles. The van der Waals surface area contributed by atoms with Crippen LogP contribution in [0.1, 0.15) is 48.8 Å². The second-order valence-corrected chi connectivity index (χ2v) is 14.4. The first-order valence-electron chi connectivity index (χ1n) is 17.3. The lowest BCUT2D eigenvalue weighted by Gasteiger charge is -2.32. The monoisotopic (exact) mass is 717 g/mol. The molecule has 1 aliphatic rings. The van der Waals surface area contributed by atoms with Crippen molar-refractivity contribution in [3.05, 3.63) is 94.6 Å². The molecule has 0 unspecified atom stereocenters. The van der Waals surface area contributed by atoms with E-state index in [-0.39, 0.29) is 30.7 Å².